The van der Waals surface area contributed by atoms with Crippen molar-refractivity contribution in [2.75, 3.05) is 46.2 Å². The third-order valence-corrected chi connectivity index (χ3v) is 5.28. The molecule has 0 saturated carbocycles. The van der Waals surface area contributed by atoms with Crippen LogP contribution in [0.5, 0.6) is 0 Å². The molecule has 3 aromatic rings. The number of carbonyl (C=O) groups is 1. The first-order valence-electron chi connectivity index (χ1n) is 10.7. The SMILES string of the molecule is Cc1cccc2cc(CN(CCN(C)C)C(=O)C=Cc3cccc(F)c3)c(N(C)C)nc12. The number of carbonyl (C=O) groups excluding carboxylic acids is 1. The summed E-state index contributed by atoms with van der Waals surface area (Å²) >= 11 is 0. The highest BCUT2D eigenvalue weighted by molar-refractivity contribution is 5.92. The quantitative estimate of drug-likeness (QED) is 0.494. The predicted octanol–water partition coefficient (Wildman–Crippen LogP) is 4.35. The Morgan fingerprint density at radius 1 is 1.03 bits per heavy atom. The lowest BCUT2D eigenvalue weighted by Crippen LogP contribution is -2.35. The zero-order valence-corrected chi connectivity index (χ0v) is 19.5. The topological polar surface area (TPSA) is 39.7 Å². The van der Waals surface area contributed by atoms with Crippen LogP contribution >= 0.6 is 0 Å². The second-order valence-corrected chi connectivity index (χ2v) is 8.46. The average molecular weight is 435 g/mol. The number of aromatic nitrogens is 1. The molecular formula is C26H31FN4O. The predicted molar refractivity (Wildman–Crippen MR) is 130 cm³/mol. The second-order valence-electron chi connectivity index (χ2n) is 8.46. The Morgan fingerprint density at radius 2 is 1.78 bits per heavy atom. The van der Waals surface area contributed by atoms with E-state index in [2.05, 4.69) is 19.1 Å². The molecule has 0 unspecified atom stereocenters. The Balaban J connectivity index is 1.93. The molecule has 0 spiro atoms. The number of para-hydroxylation sites is 1. The molecule has 3 rings (SSSR count). The summed E-state index contributed by atoms with van der Waals surface area (Å²) in [5, 5.41) is 1.06. The van der Waals surface area contributed by atoms with Crippen LogP contribution in [0.25, 0.3) is 17.0 Å². The number of hydrogen-bond donors (Lipinski definition) is 0. The molecule has 2 aromatic carbocycles. The number of aryl methyl sites for hydroxylation is 1. The van der Waals surface area contributed by atoms with Crippen LogP contribution in [0, 0.1) is 12.7 Å². The van der Waals surface area contributed by atoms with Crippen LogP contribution in [0.1, 0.15) is 16.7 Å². The Hall–Kier alpha value is -3.25. The van der Waals surface area contributed by atoms with Crippen molar-refractivity contribution in [2.45, 2.75) is 13.5 Å². The highest BCUT2D eigenvalue weighted by atomic mass is 19.1. The van der Waals surface area contributed by atoms with E-state index in [1.54, 1.807) is 23.1 Å². The zero-order chi connectivity index (χ0) is 23.3. The summed E-state index contributed by atoms with van der Waals surface area (Å²) in [6.45, 7) is 3.79. The van der Waals surface area contributed by atoms with Crippen LogP contribution in [0.3, 0.4) is 0 Å². The molecule has 0 aliphatic carbocycles. The summed E-state index contributed by atoms with van der Waals surface area (Å²) in [4.78, 5) is 23.9. The van der Waals surface area contributed by atoms with E-state index in [0.29, 0.717) is 18.7 Å². The van der Waals surface area contributed by atoms with Gasteiger partial charge in [0, 0.05) is 50.8 Å². The van der Waals surface area contributed by atoms with Crippen molar-refractivity contribution in [1.82, 2.24) is 14.8 Å². The van der Waals surface area contributed by atoms with Crippen LogP contribution < -0.4 is 4.90 Å². The minimum Gasteiger partial charge on any atom is -0.362 e. The van der Waals surface area contributed by atoms with Gasteiger partial charge in [-0.2, -0.15) is 0 Å². The van der Waals surface area contributed by atoms with Crippen molar-refractivity contribution in [1.29, 1.82) is 0 Å². The van der Waals surface area contributed by atoms with E-state index in [1.807, 2.05) is 50.1 Å². The van der Waals surface area contributed by atoms with Crippen LogP contribution in [-0.4, -0.2) is 62.0 Å². The van der Waals surface area contributed by atoms with Gasteiger partial charge in [0.15, 0.2) is 0 Å². The van der Waals surface area contributed by atoms with Gasteiger partial charge < -0.3 is 14.7 Å². The van der Waals surface area contributed by atoms with Gasteiger partial charge >= 0.3 is 0 Å². The number of pyridine rings is 1. The Morgan fingerprint density at radius 3 is 2.47 bits per heavy atom. The van der Waals surface area contributed by atoms with Crippen LogP contribution in [-0.2, 0) is 11.3 Å². The van der Waals surface area contributed by atoms with E-state index in [1.165, 1.54) is 18.2 Å². The molecule has 0 atom stereocenters. The molecule has 0 N–H and O–H groups in total. The van der Waals surface area contributed by atoms with Crippen LogP contribution in [0.2, 0.25) is 0 Å². The molecule has 168 valence electrons. The maximum atomic E-state index is 13.5. The average Bonchev–Trinajstić information content (AvgIpc) is 2.74. The normalized spacial score (nSPS) is 11.5. The van der Waals surface area contributed by atoms with Gasteiger partial charge in [-0.25, -0.2) is 9.37 Å². The van der Waals surface area contributed by atoms with Crippen molar-refractivity contribution in [3.05, 3.63) is 77.1 Å². The number of halogens is 1. The standard InChI is InChI=1S/C26H31FN4O/c1-19-8-6-10-21-17-22(26(30(4)5)28-25(19)21)18-31(15-14-29(2)3)24(32)13-12-20-9-7-11-23(27)16-20/h6-13,16-17H,14-15,18H2,1-5H3. The molecule has 1 aromatic heterocycles. The molecule has 1 amide bonds. The van der Waals surface area contributed by atoms with Gasteiger partial charge in [-0.05, 0) is 56.4 Å². The third-order valence-electron chi connectivity index (χ3n) is 5.28. The van der Waals surface area contributed by atoms with E-state index in [4.69, 9.17) is 4.98 Å². The highest BCUT2D eigenvalue weighted by Crippen LogP contribution is 2.26. The van der Waals surface area contributed by atoms with E-state index in [9.17, 15) is 9.18 Å². The first-order valence-corrected chi connectivity index (χ1v) is 10.7. The van der Waals surface area contributed by atoms with Gasteiger partial charge in [-0.15, -0.1) is 0 Å². The minimum absolute atomic E-state index is 0.120. The van der Waals surface area contributed by atoms with Gasteiger partial charge in [-0.1, -0.05) is 30.3 Å². The lowest BCUT2D eigenvalue weighted by atomic mass is 10.1. The summed E-state index contributed by atoms with van der Waals surface area (Å²) in [5.41, 5.74) is 3.73. The smallest absolute Gasteiger partial charge is 0.246 e. The molecular weight excluding hydrogens is 403 g/mol. The van der Waals surface area contributed by atoms with E-state index in [0.717, 1.165) is 34.4 Å². The molecule has 0 bridgehead atoms. The molecule has 5 nitrogen and oxygen atoms in total. The number of fused-ring (bicyclic) bond motifs is 1. The van der Waals surface area contributed by atoms with Gasteiger partial charge in [0.2, 0.25) is 5.91 Å². The van der Waals surface area contributed by atoms with Crippen LogP contribution in [0.15, 0.2) is 54.6 Å². The fraction of sp³-hybridized carbons (Fsp3) is 0.308. The molecule has 0 aliphatic heterocycles. The molecule has 32 heavy (non-hydrogen) atoms. The molecule has 0 radical (unpaired) electrons. The number of benzene rings is 2. The van der Waals surface area contributed by atoms with Crippen LogP contribution in [0.4, 0.5) is 10.2 Å². The maximum absolute atomic E-state index is 13.5. The van der Waals surface area contributed by atoms with Crippen molar-refractivity contribution < 1.29 is 9.18 Å². The molecule has 1 heterocycles. The summed E-state index contributed by atoms with van der Waals surface area (Å²) in [6, 6.07) is 14.5. The maximum Gasteiger partial charge on any atom is 0.246 e. The first-order chi connectivity index (χ1) is 15.2. The number of amides is 1. The Kier molecular flexibility index (Phi) is 7.59. The lowest BCUT2D eigenvalue weighted by molar-refractivity contribution is -0.126. The third kappa shape index (κ3) is 5.92. The number of rotatable bonds is 8. The Bertz CT molecular complexity index is 1120. The first kappa shape index (κ1) is 23.4. The summed E-state index contributed by atoms with van der Waals surface area (Å²) < 4.78 is 13.5. The van der Waals surface area contributed by atoms with Crippen molar-refractivity contribution in [2.24, 2.45) is 0 Å². The molecule has 0 aliphatic rings. The second kappa shape index (κ2) is 10.4. The Labute approximate surface area is 189 Å². The fourth-order valence-electron chi connectivity index (χ4n) is 3.56. The highest BCUT2D eigenvalue weighted by Gasteiger charge is 2.17. The van der Waals surface area contributed by atoms with Crippen molar-refractivity contribution >= 4 is 28.7 Å². The summed E-state index contributed by atoms with van der Waals surface area (Å²) in [5.74, 6) is 0.408. The summed E-state index contributed by atoms with van der Waals surface area (Å²) in [7, 11) is 7.89. The minimum atomic E-state index is -0.322. The molecule has 6 heteroatoms. The summed E-state index contributed by atoms with van der Waals surface area (Å²) in [6.07, 6.45) is 3.17. The number of anilines is 1. The van der Waals surface area contributed by atoms with Gasteiger partial charge in [-0.3, -0.25) is 4.79 Å². The molecule has 0 saturated heterocycles. The number of hydrogen-bond acceptors (Lipinski definition) is 4. The van der Waals surface area contributed by atoms with Gasteiger partial charge in [0.25, 0.3) is 0 Å². The van der Waals surface area contributed by atoms with Gasteiger partial charge in [0.1, 0.15) is 11.6 Å². The number of nitrogens with zero attached hydrogens (tertiary/aromatic N) is 4. The van der Waals surface area contributed by atoms with Crippen molar-refractivity contribution in [3.63, 3.8) is 0 Å². The monoisotopic (exact) mass is 434 g/mol. The molecule has 0 fully saturated rings. The number of likely N-dealkylation sites (N-methyl/N-ethyl adjacent to an activating group) is 1. The van der Waals surface area contributed by atoms with E-state index in [-0.39, 0.29) is 11.7 Å². The fourth-order valence-corrected chi connectivity index (χ4v) is 3.56. The van der Waals surface area contributed by atoms with E-state index >= 15 is 0 Å². The van der Waals surface area contributed by atoms with Crippen molar-refractivity contribution in [3.8, 4) is 0 Å². The largest absolute Gasteiger partial charge is 0.362 e. The lowest BCUT2D eigenvalue weighted by Gasteiger charge is -2.26. The van der Waals surface area contributed by atoms with E-state index < -0.39 is 0 Å². The van der Waals surface area contributed by atoms with Gasteiger partial charge in [0.05, 0.1) is 5.52 Å². The zero-order valence-electron chi connectivity index (χ0n) is 19.5.